The molecule has 3 nitrogen and oxygen atoms in total. The van der Waals surface area contributed by atoms with Gasteiger partial charge in [-0.2, -0.15) is 0 Å². The smallest absolute Gasteiger partial charge is 0.126 e. The van der Waals surface area contributed by atoms with Crippen LogP contribution in [0, 0.1) is 11.6 Å². The van der Waals surface area contributed by atoms with E-state index in [1.54, 1.807) is 24.3 Å². The molecule has 2 aromatic rings. The van der Waals surface area contributed by atoms with Crippen LogP contribution in [0.2, 0.25) is 0 Å². The van der Waals surface area contributed by atoms with Crippen LogP contribution in [0.1, 0.15) is 24.8 Å². The van der Waals surface area contributed by atoms with Gasteiger partial charge in [0.25, 0.3) is 0 Å². The summed E-state index contributed by atoms with van der Waals surface area (Å²) < 4.78 is 32.0. The lowest BCUT2D eigenvalue weighted by atomic mass is 9.89. The SMILES string of the molecule is O[C@@H]1[C@@H](NCCc2ccc(F)cc2)CCC[C@H]1Oc1cccc(F)c1. The van der Waals surface area contributed by atoms with Gasteiger partial charge in [0.2, 0.25) is 0 Å². The summed E-state index contributed by atoms with van der Waals surface area (Å²) in [4.78, 5) is 0. The van der Waals surface area contributed by atoms with E-state index in [4.69, 9.17) is 4.74 Å². The molecule has 0 saturated heterocycles. The van der Waals surface area contributed by atoms with Crippen LogP contribution in [-0.2, 0) is 6.42 Å². The molecule has 3 atom stereocenters. The number of ether oxygens (including phenoxy) is 1. The zero-order valence-corrected chi connectivity index (χ0v) is 14.0. The standard InChI is InChI=1S/C20H23F2NO2/c21-15-9-7-14(8-10-15)11-12-23-18-5-2-6-19(20(18)24)25-17-4-1-3-16(22)13-17/h1,3-4,7-10,13,18-20,23-24H,2,5-6,11-12H2/t18-,19+,20+/m0/s1. The van der Waals surface area contributed by atoms with Crippen molar-refractivity contribution >= 4 is 0 Å². The lowest BCUT2D eigenvalue weighted by Gasteiger charge is -2.35. The summed E-state index contributed by atoms with van der Waals surface area (Å²) in [5.41, 5.74) is 1.05. The van der Waals surface area contributed by atoms with Gasteiger partial charge < -0.3 is 15.2 Å². The average Bonchev–Trinajstić information content (AvgIpc) is 2.60. The van der Waals surface area contributed by atoms with Gasteiger partial charge in [-0.15, -0.1) is 0 Å². The summed E-state index contributed by atoms with van der Waals surface area (Å²) in [6.07, 6.45) is 2.31. The van der Waals surface area contributed by atoms with Crippen molar-refractivity contribution in [2.75, 3.05) is 6.54 Å². The van der Waals surface area contributed by atoms with Gasteiger partial charge in [-0.3, -0.25) is 0 Å². The topological polar surface area (TPSA) is 41.5 Å². The van der Waals surface area contributed by atoms with Crippen LogP contribution in [0.3, 0.4) is 0 Å². The van der Waals surface area contributed by atoms with E-state index in [0.29, 0.717) is 12.3 Å². The molecule has 0 spiro atoms. The largest absolute Gasteiger partial charge is 0.488 e. The van der Waals surface area contributed by atoms with E-state index in [2.05, 4.69) is 5.32 Å². The van der Waals surface area contributed by atoms with Gasteiger partial charge in [-0.1, -0.05) is 18.2 Å². The van der Waals surface area contributed by atoms with Gasteiger partial charge in [0.1, 0.15) is 29.6 Å². The van der Waals surface area contributed by atoms with Crippen LogP contribution in [0.15, 0.2) is 48.5 Å². The lowest BCUT2D eigenvalue weighted by Crippen LogP contribution is -2.51. The lowest BCUT2D eigenvalue weighted by molar-refractivity contribution is -0.0152. The summed E-state index contributed by atoms with van der Waals surface area (Å²) >= 11 is 0. The third-order valence-electron chi connectivity index (χ3n) is 4.61. The maximum atomic E-state index is 13.3. The monoisotopic (exact) mass is 347 g/mol. The molecular formula is C20H23F2NO2. The quantitative estimate of drug-likeness (QED) is 0.841. The molecule has 0 amide bonds. The maximum absolute atomic E-state index is 13.3. The van der Waals surface area contributed by atoms with Crippen molar-refractivity contribution in [1.29, 1.82) is 0 Å². The molecule has 1 fully saturated rings. The Kier molecular flexibility index (Phi) is 6.00. The summed E-state index contributed by atoms with van der Waals surface area (Å²) in [6, 6.07) is 12.4. The van der Waals surface area contributed by atoms with E-state index >= 15 is 0 Å². The number of nitrogens with one attached hydrogen (secondary N) is 1. The second-order valence-corrected chi connectivity index (χ2v) is 6.47. The molecule has 0 unspecified atom stereocenters. The summed E-state index contributed by atoms with van der Waals surface area (Å²) in [7, 11) is 0. The summed E-state index contributed by atoms with van der Waals surface area (Å²) in [5.74, 6) is -0.149. The van der Waals surface area contributed by atoms with Gasteiger partial charge in [-0.25, -0.2) is 8.78 Å². The predicted molar refractivity (Wildman–Crippen MR) is 92.6 cm³/mol. The van der Waals surface area contributed by atoms with Crippen LogP contribution in [0.5, 0.6) is 5.75 Å². The second-order valence-electron chi connectivity index (χ2n) is 6.47. The van der Waals surface area contributed by atoms with E-state index in [1.165, 1.54) is 24.3 Å². The Hall–Kier alpha value is -1.98. The van der Waals surface area contributed by atoms with E-state index in [9.17, 15) is 13.9 Å². The number of aliphatic hydroxyl groups is 1. The first-order valence-electron chi connectivity index (χ1n) is 8.70. The fourth-order valence-corrected chi connectivity index (χ4v) is 3.26. The molecule has 0 aromatic heterocycles. The Morgan fingerprint density at radius 3 is 2.60 bits per heavy atom. The molecule has 0 aliphatic heterocycles. The Morgan fingerprint density at radius 1 is 1.04 bits per heavy atom. The van der Waals surface area contributed by atoms with E-state index in [-0.39, 0.29) is 23.8 Å². The third kappa shape index (κ3) is 5.00. The molecule has 0 heterocycles. The van der Waals surface area contributed by atoms with Crippen molar-refractivity contribution in [2.45, 2.75) is 43.9 Å². The van der Waals surface area contributed by atoms with Crippen LogP contribution < -0.4 is 10.1 Å². The highest BCUT2D eigenvalue weighted by atomic mass is 19.1. The van der Waals surface area contributed by atoms with Gasteiger partial charge in [0.15, 0.2) is 0 Å². The average molecular weight is 347 g/mol. The number of rotatable bonds is 6. The van der Waals surface area contributed by atoms with Crippen molar-refractivity contribution < 1.29 is 18.6 Å². The first-order chi connectivity index (χ1) is 12.1. The fourth-order valence-electron chi connectivity index (χ4n) is 3.26. The first kappa shape index (κ1) is 17.8. The number of halogens is 2. The molecule has 1 aliphatic rings. The minimum absolute atomic E-state index is 0.0623. The minimum Gasteiger partial charge on any atom is -0.488 e. The zero-order chi connectivity index (χ0) is 17.6. The van der Waals surface area contributed by atoms with E-state index in [1.807, 2.05) is 0 Å². The Labute approximate surface area is 146 Å². The summed E-state index contributed by atoms with van der Waals surface area (Å²) in [6.45, 7) is 0.694. The van der Waals surface area contributed by atoms with Gasteiger partial charge >= 0.3 is 0 Å². The van der Waals surface area contributed by atoms with E-state index < -0.39 is 6.10 Å². The molecular weight excluding hydrogens is 324 g/mol. The molecule has 0 radical (unpaired) electrons. The van der Waals surface area contributed by atoms with Crippen molar-refractivity contribution in [3.8, 4) is 5.75 Å². The minimum atomic E-state index is -0.648. The van der Waals surface area contributed by atoms with Gasteiger partial charge in [0, 0.05) is 12.1 Å². The highest BCUT2D eigenvalue weighted by Gasteiger charge is 2.33. The molecule has 5 heteroatoms. The van der Waals surface area contributed by atoms with Crippen molar-refractivity contribution in [2.24, 2.45) is 0 Å². The van der Waals surface area contributed by atoms with Crippen molar-refractivity contribution in [3.63, 3.8) is 0 Å². The maximum Gasteiger partial charge on any atom is 0.126 e. The highest BCUT2D eigenvalue weighted by Crippen LogP contribution is 2.25. The highest BCUT2D eigenvalue weighted by molar-refractivity contribution is 5.23. The predicted octanol–water partition coefficient (Wildman–Crippen LogP) is 3.46. The Bertz CT molecular complexity index is 678. The fraction of sp³-hybridized carbons (Fsp3) is 0.400. The number of hydrogen-bond acceptors (Lipinski definition) is 3. The molecule has 134 valence electrons. The first-order valence-corrected chi connectivity index (χ1v) is 8.70. The molecule has 25 heavy (non-hydrogen) atoms. The van der Waals surface area contributed by atoms with Crippen molar-refractivity contribution in [1.82, 2.24) is 5.32 Å². The Morgan fingerprint density at radius 2 is 1.84 bits per heavy atom. The van der Waals surface area contributed by atoms with Crippen molar-refractivity contribution in [3.05, 3.63) is 65.7 Å². The van der Waals surface area contributed by atoms with Gasteiger partial charge in [-0.05, 0) is 62.1 Å². The van der Waals surface area contributed by atoms with E-state index in [0.717, 1.165) is 31.2 Å². The molecule has 3 rings (SSSR count). The second kappa shape index (κ2) is 8.41. The van der Waals surface area contributed by atoms with Crippen LogP contribution in [-0.4, -0.2) is 29.9 Å². The normalized spacial score (nSPS) is 23.4. The molecule has 0 bridgehead atoms. The Balaban J connectivity index is 1.51. The number of hydrogen-bond donors (Lipinski definition) is 2. The van der Waals surface area contributed by atoms with Gasteiger partial charge in [0.05, 0.1) is 0 Å². The van der Waals surface area contributed by atoms with Crippen LogP contribution >= 0.6 is 0 Å². The number of benzene rings is 2. The van der Waals surface area contributed by atoms with Crippen LogP contribution in [0.25, 0.3) is 0 Å². The molecule has 1 saturated carbocycles. The molecule has 2 N–H and O–H groups in total. The number of aliphatic hydroxyl groups excluding tert-OH is 1. The van der Waals surface area contributed by atoms with Crippen LogP contribution in [0.4, 0.5) is 8.78 Å². The summed E-state index contributed by atoms with van der Waals surface area (Å²) in [5, 5.41) is 13.9. The molecule has 2 aromatic carbocycles. The third-order valence-corrected chi connectivity index (χ3v) is 4.61. The zero-order valence-electron chi connectivity index (χ0n) is 14.0. The molecule has 1 aliphatic carbocycles.